The minimum atomic E-state index is -0.371. The summed E-state index contributed by atoms with van der Waals surface area (Å²) < 4.78 is 17.1. The molecule has 0 bridgehead atoms. The zero-order chi connectivity index (χ0) is 18.5. The third-order valence-electron chi connectivity index (χ3n) is 5.66. The summed E-state index contributed by atoms with van der Waals surface area (Å²) in [5, 5.41) is 19.2. The minimum Gasteiger partial charge on any atom is -0.396 e. The smallest absolute Gasteiger partial charge is 0.168 e. The largest absolute Gasteiger partial charge is 0.396 e. The number of hydrogen-bond donors (Lipinski definition) is 1. The fraction of sp³-hybridized carbons (Fsp3) is 0.400. The van der Waals surface area contributed by atoms with Crippen LogP contribution >= 0.6 is 12.4 Å². The zero-order valence-electron chi connectivity index (χ0n) is 15.4. The second kappa shape index (κ2) is 6.99. The first-order valence-electron chi connectivity index (χ1n) is 8.84. The number of imidazole rings is 1. The van der Waals surface area contributed by atoms with E-state index >= 15 is 4.39 Å². The Labute approximate surface area is 163 Å². The van der Waals surface area contributed by atoms with Gasteiger partial charge in [0.1, 0.15) is 11.6 Å². The zero-order valence-corrected chi connectivity index (χ0v) is 16.2. The molecule has 0 amide bonds. The van der Waals surface area contributed by atoms with E-state index in [9.17, 15) is 10.4 Å². The molecule has 1 saturated heterocycles. The molecule has 0 saturated carbocycles. The molecule has 0 radical (unpaired) electrons. The summed E-state index contributed by atoms with van der Waals surface area (Å²) in [6.07, 6.45) is 1.58. The number of piperidine rings is 1. The molecule has 27 heavy (non-hydrogen) atoms. The Bertz CT molecular complexity index is 1050. The standard InChI is InChI=1S/C20H21FN4O.ClH/c1-13-14(11-22)18-23-15-5-3-4-6-16(15)25(18)19(17(13)21)24-9-7-20(2,12-26)8-10-24;/h3-6,26H,7-10,12H2,1-2H3;1H. The Hall–Kier alpha value is -2.36. The molecule has 142 valence electrons. The van der Waals surface area contributed by atoms with Crippen LogP contribution in [0.2, 0.25) is 0 Å². The highest BCUT2D eigenvalue weighted by Gasteiger charge is 2.32. The van der Waals surface area contributed by atoms with Gasteiger partial charge in [-0.15, -0.1) is 12.4 Å². The van der Waals surface area contributed by atoms with Crippen LogP contribution in [0.15, 0.2) is 24.3 Å². The average Bonchev–Trinajstić information content (AvgIpc) is 3.03. The summed E-state index contributed by atoms with van der Waals surface area (Å²) in [4.78, 5) is 6.61. The van der Waals surface area contributed by atoms with E-state index in [-0.39, 0.29) is 35.8 Å². The maximum absolute atomic E-state index is 15.4. The summed E-state index contributed by atoms with van der Waals surface area (Å²) in [5.41, 5.74) is 2.53. The van der Waals surface area contributed by atoms with Gasteiger partial charge in [0.15, 0.2) is 17.3 Å². The van der Waals surface area contributed by atoms with Gasteiger partial charge in [0.2, 0.25) is 0 Å². The third kappa shape index (κ3) is 2.91. The van der Waals surface area contributed by atoms with Gasteiger partial charge in [-0.2, -0.15) is 5.26 Å². The molecule has 5 nitrogen and oxygen atoms in total. The summed E-state index contributed by atoms with van der Waals surface area (Å²) in [5.74, 6) is 0.0926. The quantitative estimate of drug-likeness (QED) is 0.724. The van der Waals surface area contributed by atoms with Crippen molar-refractivity contribution in [3.05, 3.63) is 41.2 Å². The highest BCUT2D eigenvalue weighted by Crippen LogP contribution is 2.36. The van der Waals surface area contributed by atoms with Gasteiger partial charge in [0.05, 0.1) is 11.0 Å². The number of anilines is 1. The molecule has 0 aliphatic carbocycles. The average molecular weight is 389 g/mol. The normalized spacial score (nSPS) is 16.3. The summed E-state index contributed by atoms with van der Waals surface area (Å²) in [7, 11) is 0. The molecule has 3 heterocycles. The fourth-order valence-corrected chi connectivity index (χ4v) is 3.78. The topological polar surface area (TPSA) is 64.6 Å². The monoisotopic (exact) mass is 388 g/mol. The van der Waals surface area contributed by atoms with E-state index in [0.717, 1.165) is 23.9 Å². The van der Waals surface area contributed by atoms with Crippen molar-refractivity contribution in [2.75, 3.05) is 24.6 Å². The Balaban J connectivity index is 0.00000210. The van der Waals surface area contributed by atoms with Gasteiger partial charge < -0.3 is 10.0 Å². The molecule has 0 atom stereocenters. The van der Waals surface area contributed by atoms with Crippen LogP contribution in [-0.2, 0) is 0 Å². The van der Waals surface area contributed by atoms with Crippen molar-refractivity contribution in [2.24, 2.45) is 5.41 Å². The van der Waals surface area contributed by atoms with Crippen molar-refractivity contribution in [3.8, 4) is 6.07 Å². The van der Waals surface area contributed by atoms with Crippen molar-refractivity contribution >= 4 is 34.9 Å². The van der Waals surface area contributed by atoms with Gasteiger partial charge in [0.25, 0.3) is 0 Å². The first-order chi connectivity index (χ1) is 12.5. The lowest BCUT2D eigenvalue weighted by atomic mass is 9.81. The summed E-state index contributed by atoms with van der Waals surface area (Å²) in [6.45, 7) is 5.15. The van der Waals surface area contributed by atoms with E-state index in [4.69, 9.17) is 0 Å². The highest BCUT2D eigenvalue weighted by atomic mass is 35.5. The number of rotatable bonds is 2. The number of nitriles is 1. The Morgan fingerprint density at radius 3 is 2.59 bits per heavy atom. The lowest BCUT2D eigenvalue weighted by Gasteiger charge is -2.39. The molecular formula is C20H22ClFN4O. The maximum Gasteiger partial charge on any atom is 0.168 e. The number of para-hydroxylation sites is 2. The second-order valence-electron chi connectivity index (χ2n) is 7.46. The van der Waals surface area contributed by atoms with E-state index in [0.29, 0.717) is 30.1 Å². The van der Waals surface area contributed by atoms with Gasteiger partial charge in [-0.25, -0.2) is 9.37 Å². The number of nitrogens with zero attached hydrogens (tertiary/aromatic N) is 4. The number of benzene rings is 1. The third-order valence-corrected chi connectivity index (χ3v) is 5.66. The minimum absolute atomic E-state index is 0. The molecule has 1 N–H and O–H groups in total. The van der Waals surface area contributed by atoms with E-state index in [1.807, 2.05) is 29.2 Å². The molecule has 2 aromatic heterocycles. The van der Waals surface area contributed by atoms with Gasteiger partial charge in [-0.05, 0) is 37.3 Å². The van der Waals surface area contributed by atoms with E-state index in [1.54, 1.807) is 11.3 Å². The SMILES string of the molecule is Cc1c(F)c(N2CCC(C)(CO)CC2)n2c(nc3ccccc32)c1C#N.Cl. The first kappa shape index (κ1) is 19.4. The molecule has 3 aromatic rings. The molecule has 0 unspecified atom stereocenters. The molecule has 0 spiro atoms. The lowest BCUT2D eigenvalue weighted by molar-refractivity contribution is 0.114. The molecule has 1 aliphatic heterocycles. The summed E-state index contributed by atoms with van der Waals surface area (Å²) >= 11 is 0. The van der Waals surface area contributed by atoms with E-state index in [1.165, 1.54) is 0 Å². The van der Waals surface area contributed by atoms with Crippen molar-refractivity contribution in [1.29, 1.82) is 5.26 Å². The van der Waals surface area contributed by atoms with Crippen LogP contribution < -0.4 is 4.90 Å². The number of aliphatic hydroxyl groups is 1. The lowest BCUT2D eigenvalue weighted by Crippen LogP contribution is -2.41. The van der Waals surface area contributed by atoms with Crippen LogP contribution in [0.4, 0.5) is 10.2 Å². The molecule has 1 fully saturated rings. The Kier molecular flexibility index (Phi) is 5.02. The van der Waals surface area contributed by atoms with E-state index in [2.05, 4.69) is 18.0 Å². The van der Waals surface area contributed by atoms with Crippen LogP contribution in [0, 0.1) is 29.5 Å². The van der Waals surface area contributed by atoms with Crippen molar-refractivity contribution in [3.63, 3.8) is 0 Å². The number of aromatic nitrogens is 2. The second-order valence-corrected chi connectivity index (χ2v) is 7.46. The van der Waals surface area contributed by atoms with Crippen LogP contribution in [-0.4, -0.2) is 34.2 Å². The Morgan fingerprint density at radius 1 is 1.30 bits per heavy atom. The highest BCUT2D eigenvalue weighted by molar-refractivity contribution is 5.86. The van der Waals surface area contributed by atoms with Crippen LogP contribution in [0.25, 0.3) is 16.7 Å². The fourth-order valence-electron chi connectivity index (χ4n) is 3.78. The van der Waals surface area contributed by atoms with Crippen molar-refractivity contribution in [1.82, 2.24) is 9.38 Å². The van der Waals surface area contributed by atoms with Crippen molar-refractivity contribution in [2.45, 2.75) is 26.7 Å². The first-order valence-corrected chi connectivity index (χ1v) is 8.84. The van der Waals surface area contributed by atoms with E-state index < -0.39 is 0 Å². The van der Waals surface area contributed by atoms with Gasteiger partial charge in [-0.1, -0.05) is 19.1 Å². The molecule has 4 rings (SSSR count). The predicted molar refractivity (Wildman–Crippen MR) is 106 cm³/mol. The number of aliphatic hydroxyl groups excluding tert-OH is 1. The molecular weight excluding hydrogens is 367 g/mol. The van der Waals surface area contributed by atoms with Gasteiger partial charge in [-0.3, -0.25) is 4.40 Å². The maximum atomic E-state index is 15.4. The number of halogens is 2. The van der Waals surface area contributed by atoms with Gasteiger partial charge >= 0.3 is 0 Å². The van der Waals surface area contributed by atoms with Gasteiger partial charge in [0, 0.05) is 25.3 Å². The van der Waals surface area contributed by atoms with Crippen molar-refractivity contribution < 1.29 is 9.50 Å². The van der Waals surface area contributed by atoms with Crippen LogP contribution in [0.5, 0.6) is 0 Å². The Morgan fingerprint density at radius 2 is 1.96 bits per heavy atom. The molecule has 7 heteroatoms. The van der Waals surface area contributed by atoms with Crippen LogP contribution in [0.1, 0.15) is 30.9 Å². The number of pyridine rings is 1. The number of fused-ring (bicyclic) bond motifs is 3. The predicted octanol–water partition coefficient (Wildman–Crippen LogP) is 3.83. The molecule has 1 aliphatic rings. The van der Waals surface area contributed by atoms with Crippen LogP contribution in [0.3, 0.4) is 0 Å². The number of hydrogen-bond acceptors (Lipinski definition) is 4. The summed E-state index contributed by atoms with van der Waals surface area (Å²) in [6, 6.07) is 9.67. The molecule has 1 aromatic carbocycles.